The Bertz CT molecular complexity index is 395. The van der Waals surface area contributed by atoms with Crippen LogP contribution in [0.25, 0.3) is 0 Å². The molecule has 0 amide bonds. The van der Waals surface area contributed by atoms with Crippen LogP contribution >= 0.6 is 11.6 Å². The van der Waals surface area contributed by atoms with E-state index in [1.165, 1.54) is 0 Å². The number of carbonyl (C=O) groups is 2. The Morgan fingerprint density at radius 2 is 1.47 bits per heavy atom. The molecule has 0 fully saturated rings. The summed E-state index contributed by atoms with van der Waals surface area (Å²) >= 11 is 5.54. The van der Waals surface area contributed by atoms with Gasteiger partial charge in [0.2, 0.25) is 0 Å². The van der Waals surface area contributed by atoms with Crippen molar-refractivity contribution in [1.29, 1.82) is 0 Å². The molecule has 0 heterocycles. The van der Waals surface area contributed by atoms with Crippen molar-refractivity contribution in [3.8, 4) is 0 Å². The second-order valence-electron chi connectivity index (χ2n) is 3.22. The van der Waals surface area contributed by atoms with Crippen LogP contribution in [0.4, 0.5) is 0 Å². The summed E-state index contributed by atoms with van der Waals surface area (Å²) in [5.41, 5.74) is -0.265. The molecule has 1 rings (SSSR count). The van der Waals surface area contributed by atoms with E-state index in [9.17, 15) is 9.59 Å². The lowest BCUT2D eigenvalue weighted by Gasteiger charge is -2.03. The molecule has 0 aliphatic heterocycles. The topological polar surface area (TPSA) is 52.6 Å². The van der Waals surface area contributed by atoms with Crippen LogP contribution in [0.15, 0.2) is 42.5 Å². The fraction of sp³-hybridized carbons (Fsp3) is 0.286. The minimum atomic E-state index is -0.726. The van der Waals surface area contributed by atoms with Gasteiger partial charge in [0.1, 0.15) is 5.57 Å². The van der Waals surface area contributed by atoms with Gasteiger partial charge >= 0.3 is 11.9 Å². The van der Waals surface area contributed by atoms with Gasteiger partial charge in [-0.1, -0.05) is 36.4 Å². The van der Waals surface area contributed by atoms with Gasteiger partial charge in [0.15, 0.2) is 0 Å². The molecule has 1 aromatic carbocycles. The molecule has 0 N–H and O–H groups in total. The van der Waals surface area contributed by atoms with Crippen LogP contribution in [-0.4, -0.2) is 25.2 Å². The van der Waals surface area contributed by atoms with Crippen molar-refractivity contribution in [3.05, 3.63) is 47.5 Å². The van der Waals surface area contributed by atoms with E-state index >= 15 is 0 Å². The Morgan fingerprint density at radius 1 is 1.05 bits per heavy atom. The number of hydrogen-bond donors (Lipinski definition) is 0. The van der Waals surface area contributed by atoms with Gasteiger partial charge in [-0.3, -0.25) is 0 Å². The SMILES string of the molecule is C=C(C(=O)OCC)C(=O)OCC.Clc1ccccc1. The van der Waals surface area contributed by atoms with Crippen LogP contribution in [-0.2, 0) is 19.1 Å². The van der Waals surface area contributed by atoms with Gasteiger partial charge < -0.3 is 9.47 Å². The van der Waals surface area contributed by atoms with Gasteiger partial charge in [-0.15, -0.1) is 0 Å². The zero-order chi connectivity index (χ0) is 14.7. The van der Waals surface area contributed by atoms with Crippen LogP contribution in [0.1, 0.15) is 13.8 Å². The Hall–Kier alpha value is -1.81. The number of hydrogen-bond acceptors (Lipinski definition) is 4. The first-order chi connectivity index (χ1) is 9.02. The molecule has 104 valence electrons. The minimum Gasteiger partial charge on any atom is -0.462 e. The molecule has 0 unspecified atom stereocenters. The number of esters is 2. The van der Waals surface area contributed by atoms with Crippen LogP contribution in [0.5, 0.6) is 0 Å². The van der Waals surface area contributed by atoms with Crippen molar-refractivity contribution in [2.45, 2.75) is 13.8 Å². The van der Waals surface area contributed by atoms with E-state index in [0.29, 0.717) is 0 Å². The van der Waals surface area contributed by atoms with Crippen molar-refractivity contribution >= 4 is 23.5 Å². The Balaban J connectivity index is 0.000000388. The summed E-state index contributed by atoms with van der Waals surface area (Å²) in [6, 6.07) is 9.44. The van der Waals surface area contributed by atoms with E-state index in [1.807, 2.05) is 30.3 Å². The smallest absolute Gasteiger partial charge is 0.344 e. The van der Waals surface area contributed by atoms with Crippen molar-refractivity contribution in [1.82, 2.24) is 0 Å². The van der Waals surface area contributed by atoms with Gasteiger partial charge in [-0.05, 0) is 26.0 Å². The average Bonchev–Trinajstić information content (AvgIpc) is 2.40. The summed E-state index contributed by atoms with van der Waals surface area (Å²) in [6.07, 6.45) is 0. The Morgan fingerprint density at radius 3 is 1.74 bits per heavy atom. The molecule has 1 aromatic rings. The Labute approximate surface area is 118 Å². The molecule has 19 heavy (non-hydrogen) atoms. The third-order valence-corrected chi connectivity index (χ3v) is 2.03. The summed E-state index contributed by atoms with van der Waals surface area (Å²) in [6.45, 7) is 6.98. The van der Waals surface area contributed by atoms with Crippen LogP contribution in [0, 0.1) is 0 Å². The first-order valence-electron chi connectivity index (χ1n) is 5.76. The molecule has 0 aliphatic rings. The zero-order valence-electron chi connectivity index (χ0n) is 11.0. The van der Waals surface area contributed by atoms with E-state index in [-0.39, 0.29) is 18.8 Å². The monoisotopic (exact) mass is 284 g/mol. The fourth-order valence-corrected chi connectivity index (χ4v) is 1.08. The standard InChI is InChI=1S/C8H12O4.C6H5Cl/c1-4-11-7(9)6(3)8(10)12-5-2;7-6-4-2-1-3-5-6/h3-5H2,1-2H3;1-5H. The molecule has 0 saturated heterocycles. The molecule has 0 bridgehead atoms. The van der Waals surface area contributed by atoms with E-state index in [0.717, 1.165) is 5.02 Å². The van der Waals surface area contributed by atoms with Crippen LogP contribution in [0.2, 0.25) is 5.02 Å². The van der Waals surface area contributed by atoms with Gasteiger partial charge in [-0.2, -0.15) is 0 Å². The lowest BCUT2D eigenvalue weighted by atomic mass is 10.3. The van der Waals surface area contributed by atoms with Gasteiger partial charge in [0, 0.05) is 5.02 Å². The summed E-state index contributed by atoms with van der Waals surface area (Å²) in [7, 11) is 0. The molecular weight excluding hydrogens is 268 g/mol. The highest BCUT2D eigenvalue weighted by molar-refractivity contribution is 6.30. The first-order valence-corrected chi connectivity index (χ1v) is 6.14. The van der Waals surface area contributed by atoms with Crippen LogP contribution < -0.4 is 0 Å². The molecule has 4 nitrogen and oxygen atoms in total. The molecular formula is C14H17ClO4. The van der Waals surface area contributed by atoms with Crippen molar-refractivity contribution in [2.75, 3.05) is 13.2 Å². The number of benzene rings is 1. The highest BCUT2D eigenvalue weighted by Gasteiger charge is 2.17. The summed E-state index contributed by atoms with van der Waals surface area (Å²) in [5, 5.41) is 0.794. The number of ether oxygens (including phenoxy) is 2. The van der Waals surface area contributed by atoms with Gasteiger partial charge in [-0.25, -0.2) is 9.59 Å². The zero-order valence-corrected chi connectivity index (χ0v) is 11.8. The maximum atomic E-state index is 10.8. The van der Waals surface area contributed by atoms with E-state index < -0.39 is 11.9 Å². The average molecular weight is 285 g/mol. The lowest BCUT2D eigenvalue weighted by molar-refractivity contribution is -0.146. The number of carbonyl (C=O) groups excluding carboxylic acids is 2. The number of rotatable bonds is 4. The van der Waals surface area contributed by atoms with Crippen LogP contribution in [0.3, 0.4) is 0 Å². The van der Waals surface area contributed by atoms with E-state index in [2.05, 4.69) is 16.1 Å². The second kappa shape index (κ2) is 10.1. The van der Waals surface area contributed by atoms with Crippen molar-refractivity contribution < 1.29 is 19.1 Å². The maximum Gasteiger partial charge on any atom is 0.344 e. The summed E-state index contributed by atoms with van der Waals surface area (Å²) in [4.78, 5) is 21.7. The normalized spacial score (nSPS) is 8.79. The quantitative estimate of drug-likeness (QED) is 0.369. The molecule has 0 atom stereocenters. The maximum absolute atomic E-state index is 10.8. The predicted octanol–water partition coefficient (Wildman–Crippen LogP) is 3.01. The first kappa shape index (κ1) is 17.2. The largest absolute Gasteiger partial charge is 0.462 e. The van der Waals surface area contributed by atoms with Gasteiger partial charge in [0.05, 0.1) is 13.2 Å². The molecule has 0 radical (unpaired) electrons. The highest BCUT2D eigenvalue weighted by Crippen LogP contribution is 2.03. The predicted molar refractivity (Wildman–Crippen MR) is 73.9 cm³/mol. The molecule has 0 aliphatic carbocycles. The molecule has 0 saturated carbocycles. The third-order valence-electron chi connectivity index (χ3n) is 1.78. The molecule has 0 aromatic heterocycles. The molecule has 0 spiro atoms. The number of halogens is 1. The minimum absolute atomic E-state index is 0.220. The summed E-state index contributed by atoms with van der Waals surface area (Å²) in [5.74, 6) is -1.45. The van der Waals surface area contributed by atoms with E-state index in [4.69, 9.17) is 11.6 Å². The summed E-state index contributed by atoms with van der Waals surface area (Å²) < 4.78 is 9.06. The molecule has 5 heteroatoms. The fourth-order valence-electron chi connectivity index (χ4n) is 0.934. The van der Waals surface area contributed by atoms with Gasteiger partial charge in [0.25, 0.3) is 0 Å². The van der Waals surface area contributed by atoms with Crippen molar-refractivity contribution in [3.63, 3.8) is 0 Å². The Kier molecular flexibility index (Phi) is 9.18. The highest BCUT2D eigenvalue weighted by atomic mass is 35.5. The van der Waals surface area contributed by atoms with E-state index in [1.54, 1.807) is 13.8 Å². The third kappa shape index (κ3) is 8.00. The lowest BCUT2D eigenvalue weighted by Crippen LogP contribution is -2.17. The second-order valence-corrected chi connectivity index (χ2v) is 3.65. The van der Waals surface area contributed by atoms with Crippen molar-refractivity contribution in [2.24, 2.45) is 0 Å².